The molecule has 3 heteroatoms. The molecule has 98 valence electrons. The molecule has 0 aliphatic heterocycles. The predicted molar refractivity (Wildman–Crippen MR) is 81.1 cm³/mol. The Balaban J connectivity index is 1.95. The number of benzene rings is 1. The van der Waals surface area contributed by atoms with Gasteiger partial charge in [0.1, 0.15) is 0 Å². The first-order valence-corrected chi connectivity index (χ1v) is 7.17. The van der Waals surface area contributed by atoms with E-state index >= 15 is 0 Å². The molecule has 0 aliphatic rings. The predicted octanol–water partition coefficient (Wildman–Crippen LogP) is 3.95. The largest absolute Gasteiger partial charge is 0.346 e. The first-order valence-electron chi connectivity index (χ1n) is 6.22. The number of carbonyl (C=O) groups excluding carboxylic acids is 1. The summed E-state index contributed by atoms with van der Waals surface area (Å²) in [7, 11) is 0. The molecule has 1 aromatic heterocycles. The van der Waals surface area contributed by atoms with Gasteiger partial charge in [0.05, 0.1) is 6.04 Å². The number of hydrogen-bond donors (Lipinski definition) is 1. The molecule has 0 radical (unpaired) electrons. The highest BCUT2D eigenvalue weighted by atomic mass is 32.1. The number of hydrogen-bond acceptors (Lipinski definition) is 2. The van der Waals surface area contributed by atoms with Crippen molar-refractivity contribution < 1.29 is 4.79 Å². The second-order valence-corrected chi connectivity index (χ2v) is 5.31. The molecule has 2 aromatic rings. The summed E-state index contributed by atoms with van der Waals surface area (Å²) in [5.74, 6) is -0.0693. The van der Waals surface area contributed by atoms with Crippen molar-refractivity contribution in [2.45, 2.75) is 19.9 Å². The van der Waals surface area contributed by atoms with Gasteiger partial charge < -0.3 is 5.32 Å². The molecule has 0 saturated heterocycles. The van der Waals surface area contributed by atoms with Crippen LogP contribution < -0.4 is 5.32 Å². The Labute approximate surface area is 117 Å². The third-order valence-corrected chi connectivity index (χ3v) is 3.57. The fourth-order valence-corrected chi connectivity index (χ4v) is 2.45. The van der Waals surface area contributed by atoms with E-state index in [1.165, 1.54) is 5.56 Å². The number of aryl methyl sites for hydroxylation is 1. The van der Waals surface area contributed by atoms with Crippen molar-refractivity contribution >= 4 is 23.3 Å². The van der Waals surface area contributed by atoms with Gasteiger partial charge in [-0.2, -0.15) is 11.3 Å². The molecule has 1 amide bonds. The molecule has 0 fully saturated rings. The second kappa shape index (κ2) is 6.34. The second-order valence-electron chi connectivity index (χ2n) is 4.53. The van der Waals surface area contributed by atoms with Gasteiger partial charge in [0.2, 0.25) is 5.91 Å². The summed E-state index contributed by atoms with van der Waals surface area (Å²) in [5, 5.41) is 6.96. The lowest BCUT2D eigenvalue weighted by Crippen LogP contribution is -2.24. The van der Waals surface area contributed by atoms with Crippen molar-refractivity contribution in [3.8, 4) is 0 Å². The Hall–Kier alpha value is -1.87. The smallest absolute Gasteiger partial charge is 0.244 e. The summed E-state index contributed by atoms with van der Waals surface area (Å²) >= 11 is 1.62. The summed E-state index contributed by atoms with van der Waals surface area (Å²) in [5.41, 5.74) is 3.38. The van der Waals surface area contributed by atoms with E-state index in [0.29, 0.717) is 0 Å². The highest BCUT2D eigenvalue weighted by Gasteiger charge is 2.07. The molecule has 2 rings (SSSR count). The van der Waals surface area contributed by atoms with Crippen LogP contribution in [0.2, 0.25) is 0 Å². The van der Waals surface area contributed by atoms with Crippen LogP contribution >= 0.6 is 11.3 Å². The van der Waals surface area contributed by atoms with Crippen LogP contribution in [0.15, 0.2) is 47.2 Å². The Morgan fingerprint density at radius 2 is 2.21 bits per heavy atom. The molecule has 2 nitrogen and oxygen atoms in total. The standard InChI is InChI=1S/C16H17NOS/c1-12-4-3-5-15(10-12)13(2)17-16(18)7-6-14-8-9-19-11-14/h3-11,13H,1-2H3,(H,17,18)/b7-6+. The first-order chi connectivity index (χ1) is 9.15. The van der Waals surface area contributed by atoms with Crippen LogP contribution in [0.5, 0.6) is 0 Å². The van der Waals surface area contributed by atoms with Gasteiger partial charge in [0.15, 0.2) is 0 Å². The van der Waals surface area contributed by atoms with Gasteiger partial charge in [-0.1, -0.05) is 29.8 Å². The van der Waals surface area contributed by atoms with Crippen LogP contribution in [0.25, 0.3) is 6.08 Å². The number of nitrogens with one attached hydrogen (secondary N) is 1. The lowest BCUT2D eigenvalue weighted by Gasteiger charge is -2.13. The van der Waals surface area contributed by atoms with Crippen LogP contribution in [0, 0.1) is 6.92 Å². The Morgan fingerprint density at radius 1 is 1.37 bits per heavy atom. The average molecular weight is 271 g/mol. The third kappa shape index (κ3) is 4.07. The van der Waals surface area contributed by atoms with Crippen LogP contribution in [-0.2, 0) is 4.79 Å². The van der Waals surface area contributed by atoms with E-state index in [-0.39, 0.29) is 11.9 Å². The summed E-state index contributed by atoms with van der Waals surface area (Å²) in [6.07, 6.45) is 3.41. The maximum atomic E-state index is 11.8. The van der Waals surface area contributed by atoms with Crippen LogP contribution in [0.4, 0.5) is 0 Å². The number of amides is 1. The van der Waals surface area contributed by atoms with Crippen molar-refractivity contribution in [1.29, 1.82) is 0 Å². The fourth-order valence-electron chi connectivity index (χ4n) is 1.83. The van der Waals surface area contributed by atoms with E-state index in [1.54, 1.807) is 17.4 Å². The highest BCUT2D eigenvalue weighted by Crippen LogP contribution is 2.14. The summed E-state index contributed by atoms with van der Waals surface area (Å²) < 4.78 is 0. The van der Waals surface area contributed by atoms with Crippen LogP contribution in [0.1, 0.15) is 29.7 Å². The van der Waals surface area contributed by atoms with Crippen LogP contribution in [0.3, 0.4) is 0 Å². The summed E-state index contributed by atoms with van der Waals surface area (Å²) in [6.45, 7) is 4.04. The lowest BCUT2D eigenvalue weighted by atomic mass is 10.1. The van der Waals surface area contributed by atoms with Gasteiger partial charge >= 0.3 is 0 Å². The number of thiophene rings is 1. The molecule has 0 bridgehead atoms. The monoisotopic (exact) mass is 271 g/mol. The number of rotatable bonds is 4. The Morgan fingerprint density at radius 3 is 2.89 bits per heavy atom. The van der Waals surface area contributed by atoms with Crippen molar-refractivity contribution in [1.82, 2.24) is 5.32 Å². The van der Waals surface area contributed by atoms with Gasteiger partial charge in [0, 0.05) is 6.08 Å². The van der Waals surface area contributed by atoms with E-state index in [0.717, 1.165) is 11.1 Å². The molecule has 1 atom stereocenters. The quantitative estimate of drug-likeness (QED) is 0.838. The average Bonchev–Trinajstić information content (AvgIpc) is 2.89. The van der Waals surface area contributed by atoms with Gasteiger partial charge in [0.25, 0.3) is 0 Å². The molecule has 1 heterocycles. The number of carbonyl (C=O) groups is 1. The van der Waals surface area contributed by atoms with Crippen molar-refractivity contribution in [2.24, 2.45) is 0 Å². The summed E-state index contributed by atoms with van der Waals surface area (Å²) in [6, 6.07) is 10.2. The van der Waals surface area contributed by atoms with E-state index < -0.39 is 0 Å². The maximum Gasteiger partial charge on any atom is 0.244 e. The van der Waals surface area contributed by atoms with Gasteiger partial charge in [-0.05, 0) is 47.9 Å². The lowest BCUT2D eigenvalue weighted by molar-refractivity contribution is -0.117. The van der Waals surface area contributed by atoms with E-state index in [2.05, 4.69) is 24.4 Å². The van der Waals surface area contributed by atoms with Crippen molar-refractivity contribution in [3.05, 3.63) is 63.9 Å². The van der Waals surface area contributed by atoms with Gasteiger partial charge in [-0.3, -0.25) is 4.79 Å². The SMILES string of the molecule is Cc1cccc(C(C)NC(=O)/C=C/c2ccsc2)c1. The zero-order valence-electron chi connectivity index (χ0n) is 11.1. The van der Waals surface area contributed by atoms with E-state index in [4.69, 9.17) is 0 Å². The zero-order valence-corrected chi connectivity index (χ0v) is 11.9. The van der Waals surface area contributed by atoms with E-state index in [9.17, 15) is 4.79 Å². The van der Waals surface area contributed by atoms with Gasteiger partial charge in [-0.15, -0.1) is 0 Å². The Bertz CT molecular complexity index is 572. The molecule has 0 aliphatic carbocycles. The molecule has 1 aromatic carbocycles. The minimum absolute atomic E-state index is 0.0134. The molecule has 19 heavy (non-hydrogen) atoms. The molecular weight excluding hydrogens is 254 g/mol. The topological polar surface area (TPSA) is 29.1 Å². The fraction of sp³-hybridized carbons (Fsp3) is 0.188. The molecule has 1 unspecified atom stereocenters. The zero-order chi connectivity index (χ0) is 13.7. The minimum atomic E-state index is -0.0693. The van der Waals surface area contributed by atoms with Crippen LogP contribution in [-0.4, -0.2) is 5.91 Å². The third-order valence-electron chi connectivity index (χ3n) is 2.87. The summed E-state index contributed by atoms with van der Waals surface area (Å²) in [4.78, 5) is 11.8. The normalized spacial score (nSPS) is 12.5. The van der Waals surface area contributed by atoms with Crippen molar-refractivity contribution in [2.75, 3.05) is 0 Å². The van der Waals surface area contributed by atoms with Crippen molar-refractivity contribution in [3.63, 3.8) is 0 Å². The molecule has 1 N–H and O–H groups in total. The maximum absolute atomic E-state index is 11.8. The molecule has 0 spiro atoms. The molecule has 0 saturated carbocycles. The molecular formula is C16H17NOS. The Kier molecular flexibility index (Phi) is 4.53. The van der Waals surface area contributed by atoms with Gasteiger partial charge in [-0.25, -0.2) is 0 Å². The highest BCUT2D eigenvalue weighted by molar-refractivity contribution is 7.08. The van der Waals surface area contributed by atoms with E-state index in [1.807, 2.05) is 42.0 Å². The minimum Gasteiger partial charge on any atom is -0.346 e. The first kappa shape index (κ1) is 13.6.